The van der Waals surface area contributed by atoms with E-state index in [0.29, 0.717) is 16.1 Å². The molecule has 0 aliphatic heterocycles. The molecule has 23 heavy (non-hydrogen) atoms. The van der Waals surface area contributed by atoms with Gasteiger partial charge >= 0.3 is 5.97 Å². The Balaban J connectivity index is 2.04. The van der Waals surface area contributed by atoms with Gasteiger partial charge in [-0.1, -0.05) is 48.0 Å². The average molecular weight is 326 g/mol. The standard InChI is InChI=1S/C18H12ClNO3/c19-15-4-2-1-3-11(15)5-8-13-9-6-12-7-10-14(18(22)23)17(21)16(12)20-13/h1-10,21H,(H,22,23)/b8-5+. The Morgan fingerprint density at radius 2 is 1.78 bits per heavy atom. The van der Waals surface area contributed by atoms with Gasteiger partial charge in [-0.2, -0.15) is 0 Å². The van der Waals surface area contributed by atoms with Crippen LogP contribution in [0.25, 0.3) is 23.1 Å². The third kappa shape index (κ3) is 3.03. The predicted octanol–water partition coefficient (Wildman–Crippen LogP) is 4.46. The van der Waals surface area contributed by atoms with Gasteiger partial charge in [-0.3, -0.25) is 0 Å². The van der Waals surface area contributed by atoms with Gasteiger partial charge in [-0.05, 0) is 29.8 Å². The van der Waals surface area contributed by atoms with Crippen molar-refractivity contribution in [3.8, 4) is 5.75 Å². The molecule has 3 rings (SSSR count). The topological polar surface area (TPSA) is 70.4 Å². The van der Waals surface area contributed by atoms with Crippen LogP contribution in [-0.2, 0) is 0 Å². The minimum Gasteiger partial charge on any atom is -0.505 e. The van der Waals surface area contributed by atoms with Crippen LogP contribution < -0.4 is 0 Å². The van der Waals surface area contributed by atoms with Crippen molar-refractivity contribution in [2.45, 2.75) is 0 Å². The third-order valence-electron chi connectivity index (χ3n) is 3.43. The van der Waals surface area contributed by atoms with E-state index >= 15 is 0 Å². The molecule has 0 atom stereocenters. The molecule has 2 N–H and O–H groups in total. The molecule has 114 valence electrons. The largest absolute Gasteiger partial charge is 0.505 e. The highest BCUT2D eigenvalue weighted by molar-refractivity contribution is 6.32. The fourth-order valence-corrected chi connectivity index (χ4v) is 2.44. The Morgan fingerprint density at radius 3 is 2.52 bits per heavy atom. The molecule has 4 nitrogen and oxygen atoms in total. The van der Waals surface area contributed by atoms with Crippen LogP contribution in [-0.4, -0.2) is 21.2 Å². The lowest BCUT2D eigenvalue weighted by molar-refractivity contribution is 0.0694. The molecular formula is C18H12ClNO3. The molecular weight excluding hydrogens is 314 g/mol. The Morgan fingerprint density at radius 1 is 1.04 bits per heavy atom. The van der Waals surface area contributed by atoms with Crippen LogP contribution in [0.2, 0.25) is 5.02 Å². The Bertz CT molecular complexity index is 935. The predicted molar refractivity (Wildman–Crippen MR) is 90.7 cm³/mol. The maximum atomic E-state index is 11.1. The number of carbonyl (C=O) groups is 1. The number of carboxylic acids is 1. The SMILES string of the molecule is O=C(O)c1ccc2ccc(/C=C/c3ccccc3Cl)nc2c1O. The minimum atomic E-state index is -1.19. The second-order valence-electron chi connectivity index (χ2n) is 4.93. The maximum absolute atomic E-state index is 11.1. The molecule has 0 aliphatic carbocycles. The molecule has 0 aliphatic rings. The van der Waals surface area contributed by atoms with Gasteiger partial charge in [0.1, 0.15) is 11.1 Å². The summed E-state index contributed by atoms with van der Waals surface area (Å²) in [7, 11) is 0. The first kappa shape index (κ1) is 15.1. The summed E-state index contributed by atoms with van der Waals surface area (Å²) < 4.78 is 0. The van der Waals surface area contributed by atoms with E-state index < -0.39 is 5.97 Å². The van der Waals surface area contributed by atoms with Crippen LogP contribution >= 0.6 is 11.6 Å². The molecule has 1 aromatic heterocycles. The second-order valence-corrected chi connectivity index (χ2v) is 5.34. The van der Waals surface area contributed by atoms with Gasteiger partial charge in [-0.25, -0.2) is 9.78 Å². The van der Waals surface area contributed by atoms with Crippen molar-refractivity contribution in [3.63, 3.8) is 0 Å². The van der Waals surface area contributed by atoms with E-state index in [-0.39, 0.29) is 16.8 Å². The second kappa shape index (κ2) is 6.10. The zero-order valence-corrected chi connectivity index (χ0v) is 12.7. The smallest absolute Gasteiger partial charge is 0.339 e. The number of nitrogens with zero attached hydrogens (tertiary/aromatic N) is 1. The number of carboxylic acid groups (broad SMARTS) is 1. The Labute approximate surface area is 137 Å². The third-order valence-corrected chi connectivity index (χ3v) is 3.77. The van der Waals surface area contributed by atoms with Crippen molar-refractivity contribution >= 4 is 40.6 Å². The van der Waals surface area contributed by atoms with E-state index in [0.717, 1.165) is 5.56 Å². The van der Waals surface area contributed by atoms with E-state index in [1.165, 1.54) is 6.07 Å². The van der Waals surface area contributed by atoms with E-state index in [9.17, 15) is 9.90 Å². The summed E-state index contributed by atoms with van der Waals surface area (Å²) in [6, 6.07) is 13.9. The highest BCUT2D eigenvalue weighted by atomic mass is 35.5. The number of aromatic hydroxyl groups is 1. The summed E-state index contributed by atoms with van der Waals surface area (Å²) in [5.41, 5.74) is 1.53. The van der Waals surface area contributed by atoms with Crippen LogP contribution in [0.4, 0.5) is 0 Å². The fourth-order valence-electron chi connectivity index (χ4n) is 2.24. The average Bonchev–Trinajstić information content (AvgIpc) is 2.54. The Kier molecular flexibility index (Phi) is 4.00. The monoisotopic (exact) mass is 325 g/mol. The summed E-state index contributed by atoms with van der Waals surface area (Å²) in [5, 5.41) is 20.4. The summed E-state index contributed by atoms with van der Waals surface area (Å²) in [5.74, 6) is -1.52. The van der Waals surface area contributed by atoms with Crippen LogP contribution in [0.1, 0.15) is 21.6 Å². The van der Waals surface area contributed by atoms with E-state index in [2.05, 4.69) is 4.98 Å². The molecule has 0 radical (unpaired) electrons. The van der Waals surface area contributed by atoms with E-state index in [1.807, 2.05) is 24.3 Å². The Hall–Kier alpha value is -2.85. The number of benzene rings is 2. The normalized spacial score (nSPS) is 11.2. The van der Waals surface area contributed by atoms with Crippen LogP contribution in [0.5, 0.6) is 5.75 Å². The molecule has 0 saturated heterocycles. The van der Waals surface area contributed by atoms with Gasteiger partial charge in [0.05, 0.1) is 5.69 Å². The lowest BCUT2D eigenvalue weighted by Gasteiger charge is -2.05. The highest BCUT2D eigenvalue weighted by Crippen LogP contribution is 2.28. The number of fused-ring (bicyclic) bond motifs is 1. The minimum absolute atomic E-state index is 0.169. The summed E-state index contributed by atoms with van der Waals surface area (Å²) in [6.45, 7) is 0. The number of rotatable bonds is 3. The molecule has 0 fully saturated rings. The molecule has 2 aromatic carbocycles. The molecule has 0 unspecified atom stereocenters. The fraction of sp³-hybridized carbons (Fsp3) is 0. The number of aromatic nitrogens is 1. The quantitative estimate of drug-likeness (QED) is 0.745. The molecule has 3 aromatic rings. The van der Waals surface area contributed by atoms with Gasteiger partial charge in [0.15, 0.2) is 5.75 Å². The lowest BCUT2D eigenvalue weighted by Crippen LogP contribution is -1.97. The van der Waals surface area contributed by atoms with Crippen molar-refractivity contribution in [1.29, 1.82) is 0 Å². The van der Waals surface area contributed by atoms with Gasteiger partial charge in [0.25, 0.3) is 0 Å². The first-order valence-corrected chi connectivity index (χ1v) is 7.22. The van der Waals surface area contributed by atoms with Crippen molar-refractivity contribution in [2.75, 3.05) is 0 Å². The summed E-state index contributed by atoms with van der Waals surface area (Å²) in [6.07, 6.45) is 3.57. The lowest BCUT2D eigenvalue weighted by atomic mass is 10.1. The van der Waals surface area contributed by atoms with Crippen molar-refractivity contribution < 1.29 is 15.0 Å². The maximum Gasteiger partial charge on any atom is 0.339 e. The first-order chi connectivity index (χ1) is 11.1. The molecule has 0 amide bonds. The highest BCUT2D eigenvalue weighted by Gasteiger charge is 2.13. The van der Waals surface area contributed by atoms with Gasteiger partial charge in [-0.15, -0.1) is 0 Å². The van der Waals surface area contributed by atoms with Gasteiger partial charge < -0.3 is 10.2 Å². The van der Waals surface area contributed by atoms with Crippen LogP contribution in [0, 0.1) is 0 Å². The molecule has 0 saturated carbocycles. The zero-order chi connectivity index (χ0) is 16.4. The number of hydrogen-bond donors (Lipinski definition) is 2. The molecule has 0 bridgehead atoms. The van der Waals surface area contributed by atoms with E-state index in [4.69, 9.17) is 16.7 Å². The number of pyridine rings is 1. The van der Waals surface area contributed by atoms with E-state index in [1.54, 1.807) is 30.3 Å². The van der Waals surface area contributed by atoms with Gasteiger partial charge in [0.2, 0.25) is 0 Å². The number of phenols is 1. The molecule has 1 heterocycles. The number of halogens is 1. The zero-order valence-electron chi connectivity index (χ0n) is 11.9. The summed E-state index contributed by atoms with van der Waals surface area (Å²) in [4.78, 5) is 15.4. The summed E-state index contributed by atoms with van der Waals surface area (Å²) >= 11 is 6.09. The van der Waals surface area contributed by atoms with Crippen molar-refractivity contribution in [3.05, 3.63) is 70.4 Å². The van der Waals surface area contributed by atoms with Crippen molar-refractivity contribution in [2.24, 2.45) is 0 Å². The van der Waals surface area contributed by atoms with Crippen LogP contribution in [0.15, 0.2) is 48.5 Å². The van der Waals surface area contributed by atoms with Crippen LogP contribution in [0.3, 0.4) is 0 Å². The van der Waals surface area contributed by atoms with Crippen molar-refractivity contribution in [1.82, 2.24) is 4.98 Å². The van der Waals surface area contributed by atoms with Gasteiger partial charge in [0, 0.05) is 10.4 Å². The number of aromatic carboxylic acids is 1. The molecule has 0 spiro atoms. The molecule has 5 heteroatoms. The number of hydrogen-bond acceptors (Lipinski definition) is 3. The first-order valence-electron chi connectivity index (χ1n) is 6.85.